The summed E-state index contributed by atoms with van der Waals surface area (Å²) >= 11 is 0. The summed E-state index contributed by atoms with van der Waals surface area (Å²) in [6, 6.07) is 0.707. The summed E-state index contributed by atoms with van der Waals surface area (Å²) in [5.41, 5.74) is -2.25. The lowest BCUT2D eigenvalue weighted by Crippen LogP contribution is -2.61. The fourth-order valence-corrected chi connectivity index (χ4v) is 4.52. The first kappa shape index (κ1) is 27.0. The second-order valence-corrected chi connectivity index (χ2v) is 11.2. The molecule has 34 heavy (non-hydrogen) atoms. The maximum absolute atomic E-state index is 13.5. The van der Waals surface area contributed by atoms with Crippen LogP contribution in [0.15, 0.2) is 17.0 Å². The van der Waals surface area contributed by atoms with Crippen LogP contribution in [0.4, 0.5) is 16.2 Å². The topological polar surface area (TPSA) is 153 Å². The first-order valence-corrected chi connectivity index (χ1v) is 12.3. The molecule has 0 saturated carbocycles. The summed E-state index contributed by atoms with van der Waals surface area (Å²) in [5, 5.41) is 11.8. The monoisotopic (exact) mass is 499 g/mol. The lowest BCUT2D eigenvalue weighted by atomic mass is 9.98. The Morgan fingerprint density at radius 2 is 1.79 bits per heavy atom. The molecule has 188 valence electrons. The lowest BCUT2D eigenvalue weighted by Gasteiger charge is -2.42. The van der Waals surface area contributed by atoms with Crippen LogP contribution in [0.5, 0.6) is 0 Å². The fraction of sp³-hybridized carbons (Fsp3) is 0.571. The van der Waals surface area contributed by atoms with Crippen LogP contribution in [0.1, 0.15) is 45.0 Å². The van der Waals surface area contributed by atoms with Gasteiger partial charge in [0.2, 0.25) is 5.91 Å². The zero-order valence-electron chi connectivity index (χ0n) is 20.1. The summed E-state index contributed by atoms with van der Waals surface area (Å²) < 4.78 is 34.7. The number of esters is 1. The van der Waals surface area contributed by atoms with Gasteiger partial charge < -0.3 is 14.4 Å². The third-order valence-electron chi connectivity index (χ3n) is 5.05. The van der Waals surface area contributed by atoms with Crippen molar-refractivity contribution in [3.63, 3.8) is 0 Å². The van der Waals surface area contributed by atoms with Gasteiger partial charge in [0.1, 0.15) is 17.3 Å². The molecular weight excluding hydrogens is 470 g/mol. The van der Waals surface area contributed by atoms with E-state index in [1.54, 1.807) is 34.6 Å². The molecule has 1 aromatic carbocycles. The van der Waals surface area contributed by atoms with Crippen LogP contribution in [-0.2, 0) is 24.1 Å². The number of methoxy groups -OCH3 is 1. The van der Waals surface area contributed by atoms with E-state index in [1.165, 1.54) is 4.90 Å². The van der Waals surface area contributed by atoms with E-state index in [4.69, 9.17) is 4.74 Å². The molecule has 0 radical (unpaired) electrons. The van der Waals surface area contributed by atoms with Gasteiger partial charge in [0.15, 0.2) is 9.84 Å². The maximum Gasteiger partial charge on any atom is 0.411 e. The Labute approximate surface area is 197 Å². The smallest absolute Gasteiger partial charge is 0.411 e. The van der Waals surface area contributed by atoms with E-state index < -0.39 is 60.5 Å². The number of carbonyl (C=O) groups excluding carboxylic acids is 3. The van der Waals surface area contributed by atoms with Gasteiger partial charge in [0.05, 0.1) is 22.5 Å². The molecular formula is C21H29N3O9S. The van der Waals surface area contributed by atoms with Crippen molar-refractivity contribution in [3.8, 4) is 0 Å². The number of amides is 2. The second-order valence-electron chi connectivity index (χ2n) is 9.21. The number of nitro benzene ring substituents is 1. The van der Waals surface area contributed by atoms with E-state index in [0.717, 1.165) is 30.4 Å². The number of hydrogen-bond acceptors (Lipinski definition) is 9. The molecule has 1 aliphatic rings. The van der Waals surface area contributed by atoms with E-state index in [2.05, 4.69) is 4.74 Å². The molecule has 12 nitrogen and oxygen atoms in total. The van der Waals surface area contributed by atoms with Crippen molar-refractivity contribution in [1.82, 2.24) is 4.90 Å². The number of rotatable bonds is 5. The van der Waals surface area contributed by atoms with E-state index in [-0.39, 0.29) is 24.7 Å². The predicted molar refractivity (Wildman–Crippen MR) is 121 cm³/mol. The Kier molecular flexibility index (Phi) is 7.60. The van der Waals surface area contributed by atoms with Crippen molar-refractivity contribution in [2.45, 2.75) is 51.2 Å². The quantitative estimate of drug-likeness (QED) is 0.337. The van der Waals surface area contributed by atoms with Gasteiger partial charge in [-0.25, -0.2) is 18.0 Å². The molecule has 0 N–H and O–H groups in total. The van der Waals surface area contributed by atoms with Crippen molar-refractivity contribution < 1.29 is 37.2 Å². The van der Waals surface area contributed by atoms with Gasteiger partial charge in [0.25, 0.3) is 5.69 Å². The molecule has 1 unspecified atom stereocenters. The number of sulfone groups is 1. The normalized spacial score (nSPS) is 17.1. The molecule has 13 heteroatoms. The molecule has 1 aliphatic heterocycles. The van der Waals surface area contributed by atoms with Crippen molar-refractivity contribution >= 4 is 39.2 Å². The lowest BCUT2D eigenvalue weighted by molar-refractivity contribution is -0.384. The predicted octanol–water partition coefficient (Wildman–Crippen LogP) is 2.39. The summed E-state index contributed by atoms with van der Waals surface area (Å²) in [4.78, 5) is 51.2. The highest BCUT2D eigenvalue weighted by atomic mass is 32.2. The van der Waals surface area contributed by atoms with Gasteiger partial charge >= 0.3 is 12.1 Å². The fourth-order valence-electron chi connectivity index (χ4n) is 3.66. The van der Waals surface area contributed by atoms with Crippen LogP contribution in [0.2, 0.25) is 0 Å². The zero-order chi connectivity index (χ0) is 26.2. The highest BCUT2D eigenvalue weighted by molar-refractivity contribution is 7.90. The number of anilines is 1. The molecule has 0 spiro atoms. The van der Waals surface area contributed by atoms with Crippen molar-refractivity contribution in [2.75, 3.05) is 31.4 Å². The number of benzene rings is 1. The third-order valence-corrected chi connectivity index (χ3v) is 6.18. The highest BCUT2D eigenvalue weighted by Gasteiger charge is 2.43. The molecule has 1 fully saturated rings. The van der Waals surface area contributed by atoms with Crippen LogP contribution in [0.25, 0.3) is 0 Å². The van der Waals surface area contributed by atoms with E-state index >= 15 is 0 Å². The van der Waals surface area contributed by atoms with E-state index in [9.17, 15) is 32.9 Å². The second kappa shape index (κ2) is 9.57. The molecule has 0 aliphatic carbocycles. The van der Waals surface area contributed by atoms with Gasteiger partial charge in [-0.15, -0.1) is 0 Å². The Balaban J connectivity index is 2.65. The van der Waals surface area contributed by atoms with Crippen LogP contribution >= 0.6 is 0 Å². The van der Waals surface area contributed by atoms with Crippen LogP contribution in [0.3, 0.4) is 0 Å². The molecule has 1 saturated heterocycles. The Bertz CT molecular complexity index is 1120. The van der Waals surface area contributed by atoms with E-state index in [1.807, 2.05) is 0 Å². The van der Waals surface area contributed by atoms with Gasteiger partial charge in [0, 0.05) is 25.4 Å². The molecule has 1 aromatic rings. The SMILES string of the molecule is COC(=O)c1cc([N+](=O)[O-])c(N2CCN(C(=O)OC(C)(C)C)C(C(C)C)C2=O)cc1S(C)(=O)=O. The minimum atomic E-state index is -4.03. The summed E-state index contributed by atoms with van der Waals surface area (Å²) in [6.07, 6.45) is 0.135. The molecule has 0 aromatic heterocycles. The first-order valence-electron chi connectivity index (χ1n) is 10.4. The molecule has 1 heterocycles. The van der Waals surface area contributed by atoms with Gasteiger partial charge in [-0.1, -0.05) is 13.8 Å². The number of nitrogens with zero attached hydrogens (tertiary/aromatic N) is 3. The molecule has 2 amide bonds. The summed E-state index contributed by atoms with van der Waals surface area (Å²) in [7, 11) is -3.02. The average Bonchev–Trinajstić information content (AvgIpc) is 2.69. The standard InChI is InChI=1S/C21H29N3O9S/c1-12(2)17-18(25)22(8-9-23(17)20(27)33-21(3,4)5)14-11-16(34(7,30)31)13(19(26)32-6)10-15(14)24(28)29/h10-12,17H,8-9H2,1-7H3. The Hall–Kier alpha value is -3.22. The van der Waals surface area contributed by atoms with Gasteiger partial charge in [-0.05, 0) is 32.8 Å². The van der Waals surface area contributed by atoms with Crippen molar-refractivity contribution in [3.05, 3.63) is 27.8 Å². The zero-order valence-corrected chi connectivity index (χ0v) is 21.0. The number of carbonyl (C=O) groups is 3. The van der Waals surface area contributed by atoms with Crippen LogP contribution in [0, 0.1) is 16.0 Å². The largest absolute Gasteiger partial charge is 0.465 e. The maximum atomic E-state index is 13.5. The number of ether oxygens (including phenoxy) is 2. The van der Waals surface area contributed by atoms with Gasteiger partial charge in [-0.3, -0.25) is 19.8 Å². The number of nitro groups is 1. The molecule has 1 atom stereocenters. The van der Waals surface area contributed by atoms with Crippen LogP contribution in [-0.4, -0.2) is 74.3 Å². The summed E-state index contributed by atoms with van der Waals surface area (Å²) in [6.45, 7) is 8.32. The Morgan fingerprint density at radius 1 is 1.21 bits per heavy atom. The van der Waals surface area contributed by atoms with Crippen LogP contribution < -0.4 is 4.90 Å². The van der Waals surface area contributed by atoms with E-state index in [0.29, 0.717) is 0 Å². The molecule has 2 rings (SSSR count). The van der Waals surface area contributed by atoms with Crippen molar-refractivity contribution in [2.24, 2.45) is 5.92 Å². The van der Waals surface area contributed by atoms with Gasteiger partial charge in [-0.2, -0.15) is 0 Å². The third kappa shape index (κ3) is 5.64. The number of hydrogen-bond donors (Lipinski definition) is 0. The highest BCUT2D eigenvalue weighted by Crippen LogP contribution is 2.36. The minimum absolute atomic E-state index is 0.00633. The number of piperazine rings is 1. The minimum Gasteiger partial charge on any atom is -0.465 e. The Morgan fingerprint density at radius 3 is 2.24 bits per heavy atom. The molecule has 0 bridgehead atoms. The summed E-state index contributed by atoms with van der Waals surface area (Å²) in [5.74, 6) is -2.10. The van der Waals surface area contributed by atoms with Crippen molar-refractivity contribution in [1.29, 1.82) is 0 Å². The average molecular weight is 500 g/mol. The first-order chi connectivity index (χ1) is 15.5.